The molecule has 1 fully saturated rings. The molecule has 8 nitrogen and oxygen atoms in total. The molecule has 1 saturated heterocycles. The molecule has 10 heteroatoms. The number of piperidine rings is 1. The summed E-state index contributed by atoms with van der Waals surface area (Å²) in [5.74, 6) is 1.53. The van der Waals surface area contributed by atoms with Crippen molar-refractivity contribution in [3.8, 4) is 11.6 Å². The number of hydrogen-bond acceptors (Lipinski definition) is 7. The van der Waals surface area contributed by atoms with Gasteiger partial charge >= 0.3 is 0 Å². The van der Waals surface area contributed by atoms with Crippen LogP contribution in [0.25, 0.3) is 0 Å². The Morgan fingerprint density at radius 3 is 2.59 bits per heavy atom. The summed E-state index contributed by atoms with van der Waals surface area (Å²) < 4.78 is 11.1. The summed E-state index contributed by atoms with van der Waals surface area (Å²) >= 11 is 12.5. The van der Waals surface area contributed by atoms with E-state index in [9.17, 15) is 4.79 Å². The Labute approximate surface area is 208 Å². The van der Waals surface area contributed by atoms with Gasteiger partial charge in [0.2, 0.25) is 11.7 Å². The van der Waals surface area contributed by atoms with E-state index >= 15 is 0 Å². The second-order valence-corrected chi connectivity index (χ2v) is 8.67. The Hall–Kier alpha value is -3.10. The third kappa shape index (κ3) is 5.69. The van der Waals surface area contributed by atoms with Crippen molar-refractivity contribution >= 4 is 34.9 Å². The standard InChI is InChI=1S/C24H25Cl2N5O3/c1-15-21(26)29-22(24(32)28-13-16-5-3-4-6-19(16)25)30-23(15)31-11-9-17(10-12-31)34-18-7-8-20(33-2)27-14-18/h3-8,14,17H,9-13H2,1-2H3,(H,28,32). The smallest absolute Gasteiger partial charge is 0.289 e. The minimum absolute atomic E-state index is 0.0281. The van der Waals surface area contributed by atoms with E-state index in [1.54, 1.807) is 25.4 Å². The van der Waals surface area contributed by atoms with Gasteiger partial charge in [-0.3, -0.25) is 4.79 Å². The molecule has 1 amide bonds. The maximum absolute atomic E-state index is 12.7. The van der Waals surface area contributed by atoms with E-state index in [1.807, 2.05) is 31.2 Å². The molecule has 0 atom stereocenters. The number of amides is 1. The van der Waals surface area contributed by atoms with E-state index in [0.29, 0.717) is 35.6 Å². The highest BCUT2D eigenvalue weighted by Gasteiger charge is 2.25. The molecule has 0 spiro atoms. The molecule has 178 valence electrons. The number of nitrogens with zero attached hydrogens (tertiary/aromatic N) is 4. The van der Waals surface area contributed by atoms with Crippen molar-refractivity contribution in [3.05, 3.63) is 69.7 Å². The van der Waals surface area contributed by atoms with Gasteiger partial charge in [0, 0.05) is 49.1 Å². The molecule has 1 N–H and O–H groups in total. The number of halogens is 2. The van der Waals surface area contributed by atoms with Gasteiger partial charge in [0.1, 0.15) is 22.8 Å². The lowest BCUT2D eigenvalue weighted by atomic mass is 10.1. The van der Waals surface area contributed by atoms with Crippen molar-refractivity contribution in [1.82, 2.24) is 20.3 Å². The Balaban J connectivity index is 1.40. The van der Waals surface area contributed by atoms with Crippen LogP contribution in [0, 0.1) is 6.92 Å². The maximum atomic E-state index is 12.7. The van der Waals surface area contributed by atoms with Crippen LogP contribution in [0.5, 0.6) is 11.6 Å². The van der Waals surface area contributed by atoms with Crippen molar-refractivity contribution < 1.29 is 14.3 Å². The third-order valence-electron chi connectivity index (χ3n) is 5.62. The van der Waals surface area contributed by atoms with Crippen LogP contribution in [0.4, 0.5) is 5.82 Å². The van der Waals surface area contributed by atoms with Crippen LogP contribution >= 0.6 is 23.2 Å². The van der Waals surface area contributed by atoms with Gasteiger partial charge in [-0.2, -0.15) is 0 Å². The number of ether oxygens (including phenoxy) is 2. The molecule has 1 aliphatic rings. The molecule has 0 bridgehead atoms. The molecule has 3 heterocycles. The average molecular weight is 502 g/mol. The van der Waals surface area contributed by atoms with Gasteiger partial charge in [-0.05, 0) is 24.6 Å². The summed E-state index contributed by atoms with van der Waals surface area (Å²) in [5, 5.41) is 3.66. The summed E-state index contributed by atoms with van der Waals surface area (Å²) in [6.07, 6.45) is 3.30. The zero-order chi connectivity index (χ0) is 24.1. The topological polar surface area (TPSA) is 89.5 Å². The number of pyridine rings is 1. The summed E-state index contributed by atoms with van der Waals surface area (Å²) in [6, 6.07) is 11.0. The summed E-state index contributed by atoms with van der Waals surface area (Å²) in [6.45, 7) is 3.55. The number of carbonyl (C=O) groups excluding carboxylic acids is 1. The fourth-order valence-electron chi connectivity index (χ4n) is 3.72. The molecule has 1 aliphatic heterocycles. The van der Waals surface area contributed by atoms with Crippen molar-refractivity contribution in [2.45, 2.75) is 32.4 Å². The predicted octanol–water partition coefficient (Wildman–Crippen LogP) is 4.47. The van der Waals surface area contributed by atoms with E-state index in [0.717, 1.165) is 24.0 Å². The number of hydrogen-bond donors (Lipinski definition) is 1. The van der Waals surface area contributed by atoms with Gasteiger partial charge in [-0.1, -0.05) is 41.4 Å². The van der Waals surface area contributed by atoms with Crippen molar-refractivity contribution in [2.24, 2.45) is 0 Å². The fourth-order valence-corrected chi connectivity index (χ4v) is 4.09. The van der Waals surface area contributed by atoms with Gasteiger partial charge in [-0.25, -0.2) is 15.0 Å². The average Bonchev–Trinajstić information content (AvgIpc) is 2.86. The number of rotatable bonds is 7. The monoisotopic (exact) mass is 501 g/mol. The van der Waals surface area contributed by atoms with Gasteiger partial charge < -0.3 is 19.7 Å². The molecule has 0 aliphatic carbocycles. The SMILES string of the molecule is COc1ccc(OC2CCN(c3nc(C(=O)NCc4ccccc4Cl)nc(Cl)c3C)CC2)cn1. The molecule has 34 heavy (non-hydrogen) atoms. The predicted molar refractivity (Wildman–Crippen MR) is 131 cm³/mol. The zero-order valence-electron chi connectivity index (χ0n) is 18.9. The summed E-state index contributed by atoms with van der Waals surface area (Å²) in [5.41, 5.74) is 1.55. The first-order valence-corrected chi connectivity index (χ1v) is 11.7. The van der Waals surface area contributed by atoms with Crippen molar-refractivity contribution in [1.29, 1.82) is 0 Å². The van der Waals surface area contributed by atoms with E-state index in [-0.39, 0.29) is 23.6 Å². The van der Waals surface area contributed by atoms with Crippen LogP contribution in [-0.4, -0.2) is 47.2 Å². The van der Waals surface area contributed by atoms with Crippen LogP contribution in [0.1, 0.15) is 34.6 Å². The van der Waals surface area contributed by atoms with Gasteiger partial charge in [0.05, 0.1) is 13.3 Å². The fraction of sp³-hybridized carbons (Fsp3) is 0.333. The molecule has 3 aromatic rings. The van der Waals surface area contributed by atoms with E-state index in [4.69, 9.17) is 32.7 Å². The Morgan fingerprint density at radius 2 is 1.91 bits per heavy atom. The second kappa shape index (κ2) is 10.9. The third-order valence-corrected chi connectivity index (χ3v) is 6.36. The molecule has 0 radical (unpaired) electrons. The van der Waals surface area contributed by atoms with E-state index in [1.165, 1.54) is 0 Å². The highest BCUT2D eigenvalue weighted by Crippen LogP contribution is 2.28. The highest BCUT2D eigenvalue weighted by molar-refractivity contribution is 6.31. The largest absolute Gasteiger partial charge is 0.489 e. The van der Waals surface area contributed by atoms with Crippen LogP contribution in [0.3, 0.4) is 0 Å². The van der Waals surface area contributed by atoms with Crippen molar-refractivity contribution in [3.63, 3.8) is 0 Å². The Morgan fingerprint density at radius 1 is 1.15 bits per heavy atom. The zero-order valence-corrected chi connectivity index (χ0v) is 20.4. The quantitative estimate of drug-likeness (QED) is 0.477. The maximum Gasteiger partial charge on any atom is 0.289 e. The normalized spacial score (nSPS) is 14.1. The molecule has 0 saturated carbocycles. The lowest BCUT2D eigenvalue weighted by Gasteiger charge is -2.33. The number of methoxy groups -OCH3 is 1. The van der Waals surface area contributed by atoms with Gasteiger partial charge in [0.25, 0.3) is 5.91 Å². The van der Waals surface area contributed by atoms with E-state index in [2.05, 4.69) is 25.2 Å². The first-order valence-electron chi connectivity index (χ1n) is 10.9. The summed E-state index contributed by atoms with van der Waals surface area (Å²) in [7, 11) is 1.58. The first-order chi connectivity index (χ1) is 16.4. The Bertz CT molecular complexity index is 1150. The lowest BCUT2D eigenvalue weighted by Crippen LogP contribution is -2.39. The highest BCUT2D eigenvalue weighted by atomic mass is 35.5. The Kier molecular flexibility index (Phi) is 7.70. The molecule has 4 rings (SSSR count). The number of nitrogens with one attached hydrogen (secondary N) is 1. The van der Waals surface area contributed by atoms with Crippen LogP contribution < -0.4 is 19.7 Å². The lowest BCUT2D eigenvalue weighted by molar-refractivity contribution is 0.0940. The molecular formula is C24H25Cl2N5O3. The van der Waals surface area contributed by atoms with Gasteiger partial charge in [0.15, 0.2) is 0 Å². The number of benzene rings is 1. The van der Waals surface area contributed by atoms with Crippen molar-refractivity contribution in [2.75, 3.05) is 25.1 Å². The van der Waals surface area contributed by atoms with Gasteiger partial charge in [-0.15, -0.1) is 0 Å². The molecule has 2 aromatic heterocycles. The molecule has 1 aromatic carbocycles. The minimum atomic E-state index is -0.409. The first kappa shape index (κ1) is 24.0. The summed E-state index contributed by atoms with van der Waals surface area (Å²) in [4.78, 5) is 27.8. The minimum Gasteiger partial charge on any atom is -0.489 e. The number of carbonyl (C=O) groups is 1. The number of aromatic nitrogens is 3. The number of anilines is 1. The second-order valence-electron chi connectivity index (χ2n) is 7.90. The van der Waals surface area contributed by atoms with Crippen LogP contribution in [0.2, 0.25) is 10.2 Å². The molecule has 0 unspecified atom stereocenters. The van der Waals surface area contributed by atoms with E-state index < -0.39 is 5.91 Å². The molecular weight excluding hydrogens is 477 g/mol. The van der Waals surface area contributed by atoms with Crippen LogP contribution in [-0.2, 0) is 6.54 Å². The van der Waals surface area contributed by atoms with Crippen LogP contribution in [0.15, 0.2) is 42.6 Å².